The number of carbonyl (C=O) groups is 1. The quantitative estimate of drug-likeness (QED) is 0.723. The maximum Gasteiger partial charge on any atom is 0.409 e. The number of carboxylic acid groups (broad SMARTS) is 1. The van der Waals surface area contributed by atoms with Gasteiger partial charge in [0.15, 0.2) is 0 Å². The number of amides is 1. The lowest BCUT2D eigenvalue weighted by atomic mass is 10.1. The fourth-order valence-electron chi connectivity index (χ4n) is 1.88. The summed E-state index contributed by atoms with van der Waals surface area (Å²) in [6.45, 7) is 4.89. The summed E-state index contributed by atoms with van der Waals surface area (Å²) in [6, 6.07) is 5.15. The number of rotatable bonds is 4. The Morgan fingerprint density at radius 3 is 2.68 bits per heavy atom. The molecule has 0 atom stereocenters. The van der Waals surface area contributed by atoms with Crippen molar-refractivity contribution in [2.45, 2.75) is 13.8 Å². The molecule has 0 fully saturated rings. The van der Waals surface area contributed by atoms with E-state index in [2.05, 4.69) is 25.2 Å². The molecule has 19 heavy (non-hydrogen) atoms. The summed E-state index contributed by atoms with van der Waals surface area (Å²) in [4.78, 5) is 12.6. The highest BCUT2D eigenvalue weighted by molar-refractivity contribution is 5.90. The molecule has 0 aromatic heterocycles. The van der Waals surface area contributed by atoms with E-state index in [1.807, 2.05) is 11.9 Å². The molecule has 1 rings (SSSR count). The monoisotopic (exact) mass is 262 g/mol. The minimum Gasteiger partial charge on any atom is -0.465 e. The molecule has 0 aliphatic rings. The first-order valence-electron chi connectivity index (χ1n) is 5.89. The third kappa shape index (κ3) is 3.78. The van der Waals surface area contributed by atoms with E-state index >= 15 is 0 Å². The number of anilines is 3. The maximum atomic E-state index is 10.7. The summed E-state index contributed by atoms with van der Waals surface area (Å²) in [7, 11) is 1.86. The van der Waals surface area contributed by atoms with E-state index in [4.69, 9.17) is 16.1 Å². The van der Waals surface area contributed by atoms with Crippen LogP contribution < -0.4 is 16.0 Å². The van der Waals surface area contributed by atoms with Gasteiger partial charge in [-0.05, 0) is 18.1 Å². The molecule has 0 heterocycles. The van der Waals surface area contributed by atoms with Gasteiger partial charge in [-0.2, -0.15) is 5.26 Å². The fraction of sp³-hybridized carbons (Fsp3) is 0.385. The molecule has 0 aliphatic heterocycles. The van der Waals surface area contributed by atoms with Gasteiger partial charge in [0.2, 0.25) is 0 Å². The average Bonchev–Trinajstić information content (AvgIpc) is 2.29. The lowest BCUT2D eigenvalue weighted by molar-refractivity contribution is 0.210. The molecule has 1 aromatic rings. The van der Waals surface area contributed by atoms with Crippen molar-refractivity contribution in [1.29, 1.82) is 5.26 Å². The van der Waals surface area contributed by atoms with E-state index < -0.39 is 6.09 Å². The van der Waals surface area contributed by atoms with E-state index in [-0.39, 0.29) is 11.4 Å². The number of benzene rings is 1. The summed E-state index contributed by atoms with van der Waals surface area (Å²) < 4.78 is 0. The Bertz CT molecular complexity index is 520. The van der Waals surface area contributed by atoms with Gasteiger partial charge in [0.25, 0.3) is 0 Å². The van der Waals surface area contributed by atoms with Gasteiger partial charge in [-0.1, -0.05) is 13.8 Å². The second-order valence-electron chi connectivity index (χ2n) is 4.77. The molecule has 0 spiro atoms. The van der Waals surface area contributed by atoms with Crippen molar-refractivity contribution < 1.29 is 9.90 Å². The van der Waals surface area contributed by atoms with Gasteiger partial charge in [-0.25, -0.2) is 4.79 Å². The fourth-order valence-corrected chi connectivity index (χ4v) is 1.88. The maximum absolute atomic E-state index is 10.7. The number of nitrogens with two attached hydrogens (primary N) is 1. The summed E-state index contributed by atoms with van der Waals surface area (Å²) in [5.41, 5.74) is 7.33. The number of nitriles is 1. The van der Waals surface area contributed by atoms with Gasteiger partial charge >= 0.3 is 6.09 Å². The molecule has 0 unspecified atom stereocenters. The smallest absolute Gasteiger partial charge is 0.409 e. The van der Waals surface area contributed by atoms with Gasteiger partial charge in [-0.3, -0.25) is 5.32 Å². The average molecular weight is 262 g/mol. The Kier molecular flexibility index (Phi) is 4.59. The van der Waals surface area contributed by atoms with Crippen LogP contribution in [-0.2, 0) is 0 Å². The zero-order valence-corrected chi connectivity index (χ0v) is 11.3. The van der Waals surface area contributed by atoms with Crippen LogP contribution in [0.1, 0.15) is 19.4 Å². The predicted molar refractivity (Wildman–Crippen MR) is 75.3 cm³/mol. The molecule has 102 valence electrons. The van der Waals surface area contributed by atoms with Crippen LogP contribution in [0.2, 0.25) is 0 Å². The van der Waals surface area contributed by atoms with Crippen molar-refractivity contribution in [3.8, 4) is 6.07 Å². The van der Waals surface area contributed by atoms with E-state index in [9.17, 15) is 4.79 Å². The van der Waals surface area contributed by atoms with Crippen LogP contribution in [0, 0.1) is 17.2 Å². The SMILES string of the molecule is CC(C)CN(C)c1cc(NC(=O)O)c(N)cc1C#N. The highest BCUT2D eigenvalue weighted by atomic mass is 16.4. The predicted octanol–water partition coefficient (Wildman–Crippen LogP) is 2.32. The lowest BCUT2D eigenvalue weighted by Crippen LogP contribution is -2.23. The van der Waals surface area contributed by atoms with Crippen molar-refractivity contribution in [1.82, 2.24) is 0 Å². The van der Waals surface area contributed by atoms with Crippen LogP contribution in [0.4, 0.5) is 21.9 Å². The van der Waals surface area contributed by atoms with Crippen LogP contribution >= 0.6 is 0 Å². The zero-order chi connectivity index (χ0) is 14.6. The van der Waals surface area contributed by atoms with Crippen molar-refractivity contribution in [2.75, 3.05) is 29.5 Å². The van der Waals surface area contributed by atoms with Crippen LogP contribution in [-0.4, -0.2) is 24.8 Å². The molecule has 6 nitrogen and oxygen atoms in total. The second-order valence-corrected chi connectivity index (χ2v) is 4.77. The Morgan fingerprint density at radius 1 is 1.58 bits per heavy atom. The van der Waals surface area contributed by atoms with E-state index in [1.54, 1.807) is 6.07 Å². The normalized spacial score (nSPS) is 10.1. The van der Waals surface area contributed by atoms with Crippen molar-refractivity contribution in [2.24, 2.45) is 5.92 Å². The van der Waals surface area contributed by atoms with E-state index in [0.717, 1.165) is 6.54 Å². The van der Waals surface area contributed by atoms with Crippen molar-refractivity contribution >= 4 is 23.2 Å². The molecule has 1 aromatic carbocycles. The molecule has 0 saturated heterocycles. The zero-order valence-electron chi connectivity index (χ0n) is 11.3. The number of nitrogen functional groups attached to an aromatic ring is 1. The summed E-state index contributed by atoms with van der Waals surface area (Å²) in [5.74, 6) is 0.421. The van der Waals surface area contributed by atoms with Gasteiger partial charge in [-0.15, -0.1) is 0 Å². The van der Waals surface area contributed by atoms with Crippen LogP contribution in [0.15, 0.2) is 12.1 Å². The van der Waals surface area contributed by atoms with Gasteiger partial charge in [0.05, 0.1) is 22.6 Å². The minimum atomic E-state index is -1.19. The largest absolute Gasteiger partial charge is 0.465 e. The van der Waals surface area contributed by atoms with Crippen LogP contribution in [0.5, 0.6) is 0 Å². The van der Waals surface area contributed by atoms with Crippen molar-refractivity contribution in [3.63, 3.8) is 0 Å². The summed E-state index contributed by atoms with van der Waals surface area (Å²) in [5, 5.41) is 20.1. The molecule has 0 radical (unpaired) electrons. The first-order chi connectivity index (χ1) is 8.85. The van der Waals surface area contributed by atoms with E-state index in [0.29, 0.717) is 17.2 Å². The molecular formula is C13H18N4O2. The van der Waals surface area contributed by atoms with Gasteiger partial charge in [0.1, 0.15) is 6.07 Å². The molecule has 0 aliphatic carbocycles. The highest BCUT2D eigenvalue weighted by Crippen LogP contribution is 2.29. The Balaban J connectivity index is 3.21. The molecule has 0 saturated carbocycles. The Morgan fingerprint density at radius 2 is 2.21 bits per heavy atom. The summed E-state index contributed by atoms with van der Waals surface area (Å²) >= 11 is 0. The van der Waals surface area contributed by atoms with Gasteiger partial charge < -0.3 is 15.7 Å². The minimum absolute atomic E-state index is 0.237. The lowest BCUT2D eigenvalue weighted by Gasteiger charge is -2.23. The molecular weight excluding hydrogens is 244 g/mol. The standard InChI is InChI=1S/C13H18N4O2/c1-8(2)7-17(3)12-5-11(16-13(18)19)10(15)4-9(12)6-14/h4-5,8,16H,7,15H2,1-3H3,(H,18,19). The second kappa shape index (κ2) is 5.96. The number of nitrogens with zero attached hydrogens (tertiary/aromatic N) is 2. The number of nitrogens with one attached hydrogen (secondary N) is 1. The first-order valence-corrected chi connectivity index (χ1v) is 5.89. The third-order valence-corrected chi connectivity index (χ3v) is 2.58. The molecule has 6 heteroatoms. The van der Waals surface area contributed by atoms with E-state index in [1.165, 1.54) is 6.07 Å². The van der Waals surface area contributed by atoms with Crippen LogP contribution in [0.3, 0.4) is 0 Å². The number of hydrogen-bond donors (Lipinski definition) is 3. The Hall–Kier alpha value is -2.42. The highest BCUT2D eigenvalue weighted by Gasteiger charge is 2.13. The topological polar surface area (TPSA) is 102 Å². The first kappa shape index (κ1) is 14.6. The van der Waals surface area contributed by atoms with Crippen LogP contribution in [0.25, 0.3) is 0 Å². The van der Waals surface area contributed by atoms with Gasteiger partial charge in [0, 0.05) is 13.6 Å². The third-order valence-electron chi connectivity index (χ3n) is 2.58. The number of hydrogen-bond acceptors (Lipinski definition) is 4. The molecule has 4 N–H and O–H groups in total. The summed E-state index contributed by atoms with van der Waals surface area (Å²) in [6.07, 6.45) is -1.19. The molecule has 0 bridgehead atoms. The van der Waals surface area contributed by atoms with Crippen molar-refractivity contribution in [3.05, 3.63) is 17.7 Å². The molecule has 1 amide bonds. The Labute approximate surface area is 112 Å².